The van der Waals surface area contributed by atoms with E-state index in [1.165, 1.54) is 0 Å². The lowest BCUT2D eigenvalue weighted by molar-refractivity contribution is 1.56. The molecular formula is C8H8Cl3NS. The first kappa shape index (κ1) is 11.3. The molecule has 0 heterocycles. The normalized spacial score (nSPS) is 10.6. The average Bonchev–Trinajstić information content (AvgIpc) is 1.96. The van der Waals surface area contributed by atoms with Gasteiger partial charge in [0, 0.05) is 5.02 Å². The highest BCUT2D eigenvalue weighted by molar-refractivity contribution is 7.85. The molecule has 1 aromatic carbocycles. The van der Waals surface area contributed by atoms with Crippen molar-refractivity contribution < 1.29 is 0 Å². The SMILES string of the molecule is CS(C)=Nc1c(Cl)cc(Cl)cc1Cl. The summed E-state index contributed by atoms with van der Waals surface area (Å²) in [4.78, 5) is 0. The maximum Gasteiger partial charge on any atom is 0.108 e. The summed E-state index contributed by atoms with van der Waals surface area (Å²) in [5.41, 5.74) is 0.626. The van der Waals surface area contributed by atoms with Crippen molar-refractivity contribution in [2.24, 2.45) is 4.36 Å². The van der Waals surface area contributed by atoms with Crippen LogP contribution < -0.4 is 0 Å². The predicted octanol–water partition coefficient (Wildman–Crippen LogP) is 4.34. The first-order valence-corrected chi connectivity index (χ1v) is 6.58. The smallest absolute Gasteiger partial charge is 0.108 e. The zero-order chi connectivity index (χ0) is 10.0. The number of hydrogen-bond donors (Lipinski definition) is 0. The summed E-state index contributed by atoms with van der Waals surface area (Å²) in [7, 11) is -0.0807. The lowest BCUT2D eigenvalue weighted by Crippen LogP contribution is -1.79. The van der Waals surface area contributed by atoms with E-state index in [-0.39, 0.29) is 10.7 Å². The van der Waals surface area contributed by atoms with Gasteiger partial charge in [0.05, 0.1) is 10.0 Å². The minimum absolute atomic E-state index is 0.0807. The molecule has 0 spiro atoms. The Morgan fingerprint density at radius 2 is 1.54 bits per heavy atom. The lowest BCUT2D eigenvalue weighted by atomic mass is 10.3. The van der Waals surface area contributed by atoms with Crippen molar-refractivity contribution in [2.75, 3.05) is 12.5 Å². The Morgan fingerprint density at radius 1 is 1.08 bits per heavy atom. The van der Waals surface area contributed by atoms with Crippen LogP contribution in [-0.2, 0) is 10.7 Å². The third-order valence-electron chi connectivity index (χ3n) is 1.26. The minimum Gasteiger partial charge on any atom is -0.225 e. The van der Waals surface area contributed by atoms with Crippen LogP contribution in [0.1, 0.15) is 0 Å². The van der Waals surface area contributed by atoms with Gasteiger partial charge in [-0.1, -0.05) is 34.8 Å². The van der Waals surface area contributed by atoms with E-state index in [1.807, 2.05) is 12.5 Å². The molecule has 0 radical (unpaired) electrons. The maximum atomic E-state index is 5.92. The zero-order valence-electron chi connectivity index (χ0n) is 7.14. The van der Waals surface area contributed by atoms with Crippen LogP contribution in [-0.4, -0.2) is 12.5 Å². The van der Waals surface area contributed by atoms with Crippen LogP contribution in [0.2, 0.25) is 15.1 Å². The van der Waals surface area contributed by atoms with E-state index in [2.05, 4.69) is 4.36 Å². The van der Waals surface area contributed by atoms with Gasteiger partial charge in [-0.3, -0.25) is 0 Å². The molecule has 1 rings (SSSR count). The van der Waals surface area contributed by atoms with E-state index in [1.54, 1.807) is 12.1 Å². The molecule has 0 aliphatic carbocycles. The molecule has 0 unspecified atom stereocenters. The quantitative estimate of drug-likeness (QED) is 0.709. The standard InChI is InChI=1S/C8H8Cl3NS/c1-13(2)12-8-6(10)3-5(9)4-7(8)11/h3-4H,1-2H3. The van der Waals surface area contributed by atoms with Crippen molar-refractivity contribution in [3.05, 3.63) is 27.2 Å². The molecule has 0 atom stereocenters. The topological polar surface area (TPSA) is 12.4 Å². The van der Waals surface area contributed by atoms with Crippen molar-refractivity contribution in [3.8, 4) is 0 Å². The summed E-state index contributed by atoms with van der Waals surface area (Å²) >= 11 is 17.6. The van der Waals surface area contributed by atoms with Gasteiger partial charge in [0.2, 0.25) is 0 Å². The largest absolute Gasteiger partial charge is 0.225 e. The molecule has 1 aromatic rings. The summed E-state index contributed by atoms with van der Waals surface area (Å²) in [6.45, 7) is 0. The molecule has 0 saturated carbocycles. The highest BCUT2D eigenvalue weighted by atomic mass is 35.5. The Bertz CT molecular complexity index is 335. The van der Waals surface area contributed by atoms with Crippen LogP contribution in [0.25, 0.3) is 0 Å². The molecule has 13 heavy (non-hydrogen) atoms. The molecular weight excluding hydrogens is 249 g/mol. The van der Waals surface area contributed by atoms with Gasteiger partial charge in [-0.25, -0.2) is 4.36 Å². The van der Waals surface area contributed by atoms with Gasteiger partial charge in [-0.05, 0) is 24.6 Å². The fourth-order valence-electron chi connectivity index (χ4n) is 0.804. The fourth-order valence-corrected chi connectivity index (χ4v) is 2.37. The minimum atomic E-state index is -0.0807. The molecule has 5 heteroatoms. The van der Waals surface area contributed by atoms with Gasteiger partial charge in [0.25, 0.3) is 0 Å². The number of benzene rings is 1. The third kappa shape index (κ3) is 3.13. The van der Waals surface area contributed by atoms with Gasteiger partial charge >= 0.3 is 0 Å². The Hall–Kier alpha value is 0.240. The van der Waals surface area contributed by atoms with E-state index in [0.29, 0.717) is 20.8 Å². The fraction of sp³-hybridized carbons (Fsp3) is 0.250. The van der Waals surface area contributed by atoms with Crippen molar-refractivity contribution in [3.63, 3.8) is 0 Å². The van der Waals surface area contributed by atoms with Crippen LogP contribution in [0.4, 0.5) is 5.69 Å². The summed E-state index contributed by atoms with van der Waals surface area (Å²) < 4.78 is 4.30. The third-order valence-corrected chi connectivity index (χ3v) is 2.60. The molecule has 72 valence electrons. The Balaban J connectivity index is 3.29. The van der Waals surface area contributed by atoms with Gasteiger partial charge in [-0.2, -0.15) is 0 Å². The Morgan fingerprint density at radius 3 is 1.92 bits per heavy atom. The molecule has 0 N–H and O–H groups in total. The first-order chi connectivity index (χ1) is 6.00. The van der Waals surface area contributed by atoms with E-state index in [0.717, 1.165) is 0 Å². The van der Waals surface area contributed by atoms with Gasteiger partial charge < -0.3 is 0 Å². The zero-order valence-corrected chi connectivity index (χ0v) is 10.2. The monoisotopic (exact) mass is 255 g/mol. The Kier molecular flexibility index (Phi) is 4.05. The molecule has 0 aromatic heterocycles. The number of halogens is 3. The van der Waals surface area contributed by atoms with Crippen LogP contribution in [0, 0.1) is 0 Å². The summed E-state index contributed by atoms with van der Waals surface area (Å²) in [5.74, 6) is 0. The molecule has 0 amide bonds. The maximum absolute atomic E-state index is 5.92. The first-order valence-electron chi connectivity index (χ1n) is 3.44. The van der Waals surface area contributed by atoms with Crippen molar-refractivity contribution in [1.82, 2.24) is 0 Å². The lowest BCUT2D eigenvalue weighted by Gasteiger charge is -2.02. The second kappa shape index (κ2) is 4.65. The number of rotatable bonds is 1. The molecule has 0 saturated heterocycles. The highest BCUT2D eigenvalue weighted by Crippen LogP contribution is 2.36. The number of nitrogens with zero attached hydrogens (tertiary/aromatic N) is 1. The molecule has 0 aliphatic heterocycles. The van der Waals surface area contributed by atoms with E-state index < -0.39 is 0 Å². The van der Waals surface area contributed by atoms with Gasteiger partial charge in [0.1, 0.15) is 5.69 Å². The summed E-state index contributed by atoms with van der Waals surface area (Å²) in [6, 6.07) is 3.28. The van der Waals surface area contributed by atoms with Crippen LogP contribution >= 0.6 is 34.8 Å². The van der Waals surface area contributed by atoms with Gasteiger partial charge in [0.15, 0.2) is 0 Å². The van der Waals surface area contributed by atoms with Gasteiger partial charge in [-0.15, -0.1) is 10.7 Å². The van der Waals surface area contributed by atoms with Crippen LogP contribution in [0.5, 0.6) is 0 Å². The number of hydrogen-bond acceptors (Lipinski definition) is 1. The molecule has 0 fully saturated rings. The summed E-state index contributed by atoms with van der Waals surface area (Å²) in [6.07, 6.45) is 3.97. The van der Waals surface area contributed by atoms with Crippen LogP contribution in [0.3, 0.4) is 0 Å². The van der Waals surface area contributed by atoms with Crippen molar-refractivity contribution in [1.29, 1.82) is 0 Å². The van der Waals surface area contributed by atoms with E-state index in [9.17, 15) is 0 Å². The highest BCUT2D eigenvalue weighted by Gasteiger charge is 2.05. The van der Waals surface area contributed by atoms with Crippen molar-refractivity contribution in [2.45, 2.75) is 0 Å². The molecule has 0 aliphatic rings. The predicted molar refractivity (Wildman–Crippen MR) is 62.8 cm³/mol. The second-order valence-electron chi connectivity index (χ2n) is 2.58. The van der Waals surface area contributed by atoms with E-state index >= 15 is 0 Å². The van der Waals surface area contributed by atoms with Crippen LogP contribution in [0.15, 0.2) is 16.5 Å². The van der Waals surface area contributed by atoms with E-state index in [4.69, 9.17) is 34.8 Å². The average molecular weight is 257 g/mol. The second-order valence-corrected chi connectivity index (χ2v) is 5.56. The van der Waals surface area contributed by atoms with Crippen molar-refractivity contribution >= 4 is 51.2 Å². The summed E-state index contributed by atoms with van der Waals surface area (Å²) in [5, 5.41) is 1.53. The molecule has 1 nitrogen and oxygen atoms in total. The Labute approximate surface area is 95.1 Å². The molecule has 0 bridgehead atoms.